The Morgan fingerprint density at radius 1 is 1.04 bits per heavy atom. The average molecular weight is 372 g/mol. The Hall–Kier alpha value is -1.88. The van der Waals surface area contributed by atoms with Gasteiger partial charge in [0.1, 0.15) is 5.88 Å². The zero-order valence-corrected chi connectivity index (χ0v) is 13.2. The largest absolute Gasteiger partial charge is 0.416 e. The normalized spacial score (nSPS) is 12.4. The average Bonchev–Trinajstić information content (AvgIpc) is 2.42. The molecule has 1 rings (SSSR count). The van der Waals surface area contributed by atoms with Crippen LogP contribution >= 0.6 is 11.6 Å². The van der Waals surface area contributed by atoms with Gasteiger partial charge in [0.2, 0.25) is 5.91 Å². The number of rotatable bonds is 2. The monoisotopic (exact) mass is 371 g/mol. The van der Waals surface area contributed by atoms with Gasteiger partial charge in [0.25, 0.3) is 0 Å². The van der Waals surface area contributed by atoms with Crippen LogP contribution in [0.15, 0.2) is 18.2 Å². The van der Waals surface area contributed by atoms with Crippen LogP contribution in [0, 0.1) is 11.8 Å². The molecule has 0 saturated heterocycles. The second kappa shape index (κ2) is 6.93. The molecule has 132 valence electrons. The molecule has 9 heteroatoms. The first kappa shape index (κ1) is 20.2. The first-order valence-corrected chi connectivity index (χ1v) is 6.98. The van der Waals surface area contributed by atoms with Crippen molar-refractivity contribution in [3.63, 3.8) is 0 Å². The molecular weight excluding hydrogens is 360 g/mol. The van der Waals surface area contributed by atoms with Crippen molar-refractivity contribution in [2.75, 3.05) is 5.88 Å². The van der Waals surface area contributed by atoms with E-state index in [1.54, 1.807) is 0 Å². The van der Waals surface area contributed by atoms with E-state index in [0.717, 1.165) is 0 Å². The van der Waals surface area contributed by atoms with Gasteiger partial charge in [0.15, 0.2) is 0 Å². The quantitative estimate of drug-likeness (QED) is 0.471. The molecule has 0 unspecified atom stereocenters. The minimum absolute atomic E-state index is 0.0194. The fourth-order valence-electron chi connectivity index (χ4n) is 1.67. The van der Waals surface area contributed by atoms with Gasteiger partial charge in [0, 0.05) is 5.56 Å². The van der Waals surface area contributed by atoms with Crippen molar-refractivity contribution in [2.45, 2.75) is 31.7 Å². The molecule has 0 bridgehead atoms. The molecule has 0 heterocycles. The zero-order chi connectivity index (χ0) is 18.8. The molecule has 0 aliphatic heterocycles. The molecular formula is C15H12ClF6NO. The van der Waals surface area contributed by atoms with E-state index in [1.165, 1.54) is 13.8 Å². The highest BCUT2D eigenvalue weighted by molar-refractivity contribution is 6.27. The van der Waals surface area contributed by atoms with Crippen LogP contribution in [0.1, 0.15) is 30.5 Å². The van der Waals surface area contributed by atoms with E-state index in [1.807, 2.05) is 0 Å². The number of hydrogen-bond donors (Lipinski definition) is 1. The third kappa shape index (κ3) is 5.96. The van der Waals surface area contributed by atoms with Gasteiger partial charge in [-0.15, -0.1) is 11.6 Å². The lowest BCUT2D eigenvalue weighted by molar-refractivity contribution is -0.143. The maximum Gasteiger partial charge on any atom is 0.416 e. The molecule has 0 saturated carbocycles. The highest BCUT2D eigenvalue weighted by Gasteiger charge is 2.36. The number of hydrogen-bond acceptors (Lipinski definition) is 1. The van der Waals surface area contributed by atoms with Crippen molar-refractivity contribution in [1.82, 2.24) is 5.32 Å². The summed E-state index contributed by atoms with van der Waals surface area (Å²) in [5.74, 6) is 3.73. The first-order valence-electron chi connectivity index (χ1n) is 6.44. The number of halogens is 7. The standard InChI is InChI=1S/C15H12ClF6NO/c1-13(2,23-12(24)8-16)4-3-9-5-10(14(17,18)19)7-11(6-9)15(20,21)22/h5-7H,8H2,1-2H3,(H,23,24). The second-order valence-corrected chi connectivity index (χ2v) is 5.62. The van der Waals surface area contributed by atoms with Crippen LogP contribution in [-0.2, 0) is 17.1 Å². The Labute approximate surface area is 139 Å². The van der Waals surface area contributed by atoms with Crippen LogP contribution in [0.25, 0.3) is 0 Å². The molecule has 0 aliphatic carbocycles. The molecule has 1 aromatic carbocycles. The van der Waals surface area contributed by atoms with Gasteiger partial charge in [-0.1, -0.05) is 11.8 Å². The summed E-state index contributed by atoms with van der Waals surface area (Å²) < 4.78 is 76.4. The smallest absolute Gasteiger partial charge is 0.339 e. The molecule has 0 radical (unpaired) electrons. The predicted octanol–water partition coefficient (Wildman–Crippen LogP) is 4.21. The van der Waals surface area contributed by atoms with Crippen molar-refractivity contribution in [3.8, 4) is 11.8 Å². The highest BCUT2D eigenvalue weighted by atomic mass is 35.5. The number of carbonyl (C=O) groups is 1. The van der Waals surface area contributed by atoms with E-state index in [9.17, 15) is 31.1 Å². The second-order valence-electron chi connectivity index (χ2n) is 5.35. The molecule has 1 amide bonds. The van der Waals surface area contributed by atoms with Crippen LogP contribution in [0.3, 0.4) is 0 Å². The predicted molar refractivity (Wildman–Crippen MR) is 76.3 cm³/mol. The molecule has 0 atom stereocenters. The fourth-order valence-corrected chi connectivity index (χ4v) is 1.74. The zero-order valence-electron chi connectivity index (χ0n) is 12.5. The molecule has 0 fully saturated rings. The lowest BCUT2D eigenvalue weighted by Crippen LogP contribution is -2.42. The summed E-state index contributed by atoms with van der Waals surface area (Å²) in [4.78, 5) is 11.2. The minimum Gasteiger partial charge on any atom is -0.339 e. The number of carbonyl (C=O) groups excluding carboxylic acids is 1. The van der Waals surface area contributed by atoms with E-state index < -0.39 is 40.5 Å². The topological polar surface area (TPSA) is 29.1 Å². The molecule has 1 aromatic rings. The number of benzene rings is 1. The Bertz CT molecular complexity index is 650. The highest BCUT2D eigenvalue weighted by Crippen LogP contribution is 2.36. The number of nitrogens with one attached hydrogen (secondary N) is 1. The maximum atomic E-state index is 12.7. The van der Waals surface area contributed by atoms with Crippen molar-refractivity contribution >= 4 is 17.5 Å². The summed E-state index contributed by atoms with van der Waals surface area (Å²) in [6, 6.07) is 1.05. The molecule has 0 spiro atoms. The summed E-state index contributed by atoms with van der Waals surface area (Å²) in [6.45, 7) is 2.87. The van der Waals surface area contributed by atoms with E-state index in [2.05, 4.69) is 17.2 Å². The van der Waals surface area contributed by atoms with E-state index in [0.29, 0.717) is 12.1 Å². The van der Waals surface area contributed by atoms with Gasteiger partial charge >= 0.3 is 12.4 Å². The Balaban J connectivity index is 3.30. The fraction of sp³-hybridized carbons (Fsp3) is 0.400. The van der Waals surface area contributed by atoms with Gasteiger partial charge in [-0.2, -0.15) is 26.3 Å². The van der Waals surface area contributed by atoms with E-state index in [4.69, 9.17) is 11.6 Å². The summed E-state index contributed by atoms with van der Waals surface area (Å²) in [5.41, 5.74) is -4.56. The first-order chi connectivity index (χ1) is 10.7. The summed E-state index contributed by atoms with van der Waals surface area (Å²) in [6.07, 6.45) is -9.89. The lowest BCUT2D eigenvalue weighted by Gasteiger charge is -2.19. The third-order valence-corrected chi connectivity index (χ3v) is 2.92. The van der Waals surface area contributed by atoms with Crippen molar-refractivity contribution < 1.29 is 31.1 Å². The van der Waals surface area contributed by atoms with Crippen molar-refractivity contribution in [1.29, 1.82) is 0 Å². The third-order valence-electron chi connectivity index (χ3n) is 2.68. The molecule has 0 aromatic heterocycles. The maximum absolute atomic E-state index is 12.7. The van der Waals surface area contributed by atoms with Crippen LogP contribution in [0.2, 0.25) is 0 Å². The SMILES string of the molecule is CC(C)(C#Cc1cc(C(F)(F)F)cc(C(F)(F)F)c1)NC(=O)CCl. The summed E-state index contributed by atoms with van der Waals surface area (Å²) >= 11 is 5.31. The number of alkyl halides is 7. The minimum atomic E-state index is -4.94. The van der Waals surface area contributed by atoms with Gasteiger partial charge in [-0.05, 0) is 32.0 Å². The van der Waals surface area contributed by atoms with Gasteiger partial charge < -0.3 is 5.32 Å². The molecule has 0 aliphatic rings. The van der Waals surface area contributed by atoms with Gasteiger partial charge in [-0.25, -0.2) is 0 Å². The lowest BCUT2D eigenvalue weighted by atomic mass is 10.0. The number of amides is 1. The molecule has 24 heavy (non-hydrogen) atoms. The van der Waals surface area contributed by atoms with Crippen LogP contribution in [0.5, 0.6) is 0 Å². The van der Waals surface area contributed by atoms with Crippen molar-refractivity contribution in [2.24, 2.45) is 0 Å². The Morgan fingerprint density at radius 2 is 1.50 bits per heavy atom. The Morgan fingerprint density at radius 3 is 1.88 bits per heavy atom. The summed E-state index contributed by atoms with van der Waals surface area (Å²) in [5, 5.41) is 2.38. The van der Waals surface area contributed by atoms with Crippen LogP contribution < -0.4 is 5.32 Å². The summed E-state index contributed by atoms with van der Waals surface area (Å²) in [7, 11) is 0. The van der Waals surface area contributed by atoms with E-state index >= 15 is 0 Å². The molecule has 2 nitrogen and oxygen atoms in total. The van der Waals surface area contributed by atoms with Crippen molar-refractivity contribution in [3.05, 3.63) is 34.9 Å². The van der Waals surface area contributed by atoms with Gasteiger partial charge in [0.05, 0.1) is 16.7 Å². The van der Waals surface area contributed by atoms with E-state index in [-0.39, 0.29) is 11.9 Å². The Kier molecular flexibility index (Phi) is 5.82. The van der Waals surface area contributed by atoms with Crippen LogP contribution in [-0.4, -0.2) is 17.3 Å². The van der Waals surface area contributed by atoms with Crippen LogP contribution in [0.4, 0.5) is 26.3 Å². The van der Waals surface area contributed by atoms with Gasteiger partial charge in [-0.3, -0.25) is 4.79 Å². The molecule has 1 N–H and O–H groups in total.